The van der Waals surface area contributed by atoms with Crippen LogP contribution in [0, 0.1) is 0 Å². The van der Waals surface area contributed by atoms with E-state index in [1.54, 1.807) is 7.11 Å². The molecule has 0 saturated carbocycles. The van der Waals surface area contributed by atoms with Crippen LogP contribution in [0.3, 0.4) is 0 Å². The number of benzene rings is 1. The Hall–Kier alpha value is -1.04. The molecular formula is C15H19BrClN3O. The van der Waals surface area contributed by atoms with Crippen molar-refractivity contribution in [3.63, 3.8) is 0 Å². The minimum Gasteiger partial charge on any atom is -0.497 e. The number of nitrogens with two attached hydrogens (primary N) is 1. The van der Waals surface area contributed by atoms with Gasteiger partial charge in [-0.05, 0) is 30.2 Å². The number of aromatic nitrogens is 2. The van der Waals surface area contributed by atoms with E-state index in [4.69, 9.17) is 22.1 Å². The van der Waals surface area contributed by atoms with Crippen molar-refractivity contribution in [2.45, 2.75) is 25.8 Å². The van der Waals surface area contributed by atoms with Crippen molar-refractivity contribution in [2.24, 2.45) is 12.8 Å². The van der Waals surface area contributed by atoms with Gasteiger partial charge in [-0.25, -0.2) is 0 Å². The monoisotopic (exact) mass is 371 g/mol. The van der Waals surface area contributed by atoms with Crippen LogP contribution in [0.1, 0.15) is 29.9 Å². The van der Waals surface area contributed by atoms with E-state index in [0.29, 0.717) is 6.42 Å². The maximum absolute atomic E-state index is 6.38. The molecule has 0 aliphatic carbocycles. The summed E-state index contributed by atoms with van der Waals surface area (Å²) >= 11 is 9.92. The van der Waals surface area contributed by atoms with Crippen LogP contribution in [0.5, 0.6) is 5.75 Å². The zero-order chi connectivity index (χ0) is 15.6. The molecule has 0 fully saturated rings. The summed E-state index contributed by atoms with van der Waals surface area (Å²) in [6, 6.07) is 5.59. The lowest BCUT2D eigenvalue weighted by molar-refractivity contribution is 0.413. The van der Waals surface area contributed by atoms with Gasteiger partial charge in [0, 0.05) is 24.0 Å². The fraction of sp³-hybridized carbons (Fsp3) is 0.400. The molecule has 21 heavy (non-hydrogen) atoms. The Kier molecular flexibility index (Phi) is 5.30. The highest BCUT2D eigenvalue weighted by atomic mass is 79.9. The lowest BCUT2D eigenvalue weighted by Gasteiger charge is -2.15. The van der Waals surface area contributed by atoms with Crippen molar-refractivity contribution >= 4 is 27.5 Å². The SMILES string of the molecule is CCc1nn(C)c(CC(N)c2cc(OC)ccc2Br)c1Cl. The summed E-state index contributed by atoms with van der Waals surface area (Å²) in [5.41, 5.74) is 9.21. The van der Waals surface area contributed by atoms with Gasteiger partial charge in [0.05, 0.1) is 23.5 Å². The van der Waals surface area contributed by atoms with E-state index < -0.39 is 0 Å². The zero-order valence-electron chi connectivity index (χ0n) is 12.4. The van der Waals surface area contributed by atoms with E-state index >= 15 is 0 Å². The van der Waals surface area contributed by atoms with E-state index in [2.05, 4.69) is 21.0 Å². The molecule has 1 unspecified atom stereocenters. The Bertz CT molecular complexity index is 642. The molecular weight excluding hydrogens is 354 g/mol. The first-order valence-electron chi connectivity index (χ1n) is 6.77. The van der Waals surface area contributed by atoms with Crippen molar-refractivity contribution in [1.29, 1.82) is 0 Å². The summed E-state index contributed by atoms with van der Waals surface area (Å²) in [5, 5.41) is 5.14. The first-order chi connectivity index (χ1) is 9.97. The second-order valence-corrected chi connectivity index (χ2v) is 6.11. The van der Waals surface area contributed by atoms with Gasteiger partial charge in [0.2, 0.25) is 0 Å². The highest BCUT2D eigenvalue weighted by Crippen LogP contribution is 2.30. The van der Waals surface area contributed by atoms with Crippen LogP contribution in [0.2, 0.25) is 5.02 Å². The fourth-order valence-electron chi connectivity index (χ4n) is 2.29. The summed E-state index contributed by atoms with van der Waals surface area (Å²) in [6.07, 6.45) is 1.43. The van der Waals surface area contributed by atoms with Crippen LogP contribution in [-0.2, 0) is 19.9 Å². The second kappa shape index (κ2) is 6.81. The number of methoxy groups -OCH3 is 1. The minimum absolute atomic E-state index is 0.188. The number of rotatable bonds is 5. The van der Waals surface area contributed by atoms with Gasteiger partial charge in [-0.3, -0.25) is 4.68 Å². The van der Waals surface area contributed by atoms with Crippen LogP contribution < -0.4 is 10.5 Å². The van der Waals surface area contributed by atoms with Crippen molar-refractivity contribution in [1.82, 2.24) is 9.78 Å². The first kappa shape index (κ1) is 16.3. The molecule has 1 aromatic carbocycles. The summed E-state index contributed by atoms with van der Waals surface area (Å²) in [5.74, 6) is 0.786. The molecule has 6 heteroatoms. The fourth-order valence-corrected chi connectivity index (χ4v) is 3.20. The Morgan fingerprint density at radius 1 is 1.48 bits per heavy atom. The Morgan fingerprint density at radius 3 is 2.76 bits per heavy atom. The lowest BCUT2D eigenvalue weighted by Crippen LogP contribution is -2.16. The quantitative estimate of drug-likeness (QED) is 0.871. The molecule has 1 atom stereocenters. The van der Waals surface area contributed by atoms with E-state index in [0.717, 1.165) is 38.6 Å². The van der Waals surface area contributed by atoms with Gasteiger partial charge in [0.15, 0.2) is 0 Å². The van der Waals surface area contributed by atoms with Crippen molar-refractivity contribution in [2.75, 3.05) is 7.11 Å². The maximum Gasteiger partial charge on any atom is 0.119 e. The smallest absolute Gasteiger partial charge is 0.119 e. The van der Waals surface area contributed by atoms with Crippen LogP contribution in [0.4, 0.5) is 0 Å². The molecule has 0 saturated heterocycles. The summed E-state index contributed by atoms with van der Waals surface area (Å²) in [7, 11) is 3.54. The highest BCUT2D eigenvalue weighted by Gasteiger charge is 2.18. The molecule has 1 heterocycles. The summed E-state index contributed by atoms with van der Waals surface area (Å²) in [6.45, 7) is 2.04. The highest BCUT2D eigenvalue weighted by molar-refractivity contribution is 9.10. The molecule has 0 spiro atoms. The van der Waals surface area contributed by atoms with E-state index in [1.807, 2.05) is 36.9 Å². The van der Waals surface area contributed by atoms with Gasteiger partial charge in [-0.15, -0.1) is 0 Å². The van der Waals surface area contributed by atoms with Gasteiger partial charge >= 0.3 is 0 Å². The average Bonchev–Trinajstić information content (AvgIpc) is 2.75. The zero-order valence-corrected chi connectivity index (χ0v) is 14.7. The third-order valence-electron chi connectivity index (χ3n) is 3.52. The molecule has 0 radical (unpaired) electrons. The third kappa shape index (κ3) is 3.42. The minimum atomic E-state index is -0.188. The molecule has 0 bridgehead atoms. The summed E-state index contributed by atoms with van der Waals surface area (Å²) < 4.78 is 8.04. The van der Waals surface area contributed by atoms with Gasteiger partial charge in [-0.2, -0.15) is 5.10 Å². The average molecular weight is 373 g/mol. The van der Waals surface area contributed by atoms with E-state index in [1.165, 1.54) is 0 Å². The summed E-state index contributed by atoms with van der Waals surface area (Å²) in [4.78, 5) is 0. The topological polar surface area (TPSA) is 53.1 Å². The van der Waals surface area contributed by atoms with Crippen LogP contribution in [0.25, 0.3) is 0 Å². The predicted molar refractivity (Wildman–Crippen MR) is 88.9 cm³/mol. The standard InChI is InChI=1S/C15H19BrClN3O/c1-4-13-15(17)14(20(2)19-13)8-12(18)10-7-9(21-3)5-6-11(10)16/h5-7,12H,4,8,18H2,1-3H3. The van der Waals surface area contributed by atoms with Gasteiger partial charge in [0.25, 0.3) is 0 Å². The lowest BCUT2D eigenvalue weighted by atomic mass is 10.0. The molecule has 1 aromatic heterocycles. The number of nitrogens with zero attached hydrogens (tertiary/aromatic N) is 2. The van der Waals surface area contributed by atoms with Gasteiger partial charge < -0.3 is 10.5 Å². The predicted octanol–water partition coefficient (Wildman–Crippen LogP) is 3.65. The number of ether oxygens (including phenoxy) is 1. The Morgan fingerprint density at radius 2 is 2.19 bits per heavy atom. The maximum atomic E-state index is 6.38. The number of hydrogen-bond acceptors (Lipinski definition) is 3. The number of hydrogen-bond donors (Lipinski definition) is 1. The number of halogens is 2. The van der Waals surface area contributed by atoms with E-state index in [-0.39, 0.29) is 6.04 Å². The first-order valence-corrected chi connectivity index (χ1v) is 7.94. The second-order valence-electron chi connectivity index (χ2n) is 4.88. The van der Waals surface area contributed by atoms with Crippen LogP contribution in [-0.4, -0.2) is 16.9 Å². The number of aryl methyl sites for hydroxylation is 2. The largest absolute Gasteiger partial charge is 0.497 e. The normalized spacial score (nSPS) is 12.5. The Balaban J connectivity index is 2.30. The van der Waals surface area contributed by atoms with Crippen LogP contribution >= 0.6 is 27.5 Å². The van der Waals surface area contributed by atoms with Gasteiger partial charge in [-0.1, -0.05) is 34.5 Å². The molecule has 0 aliphatic heterocycles. The molecule has 2 aromatic rings. The van der Waals surface area contributed by atoms with Crippen molar-refractivity contribution in [3.8, 4) is 5.75 Å². The molecule has 0 aliphatic rings. The third-order valence-corrected chi connectivity index (χ3v) is 4.68. The Labute approximate surface area is 138 Å². The molecule has 4 nitrogen and oxygen atoms in total. The van der Waals surface area contributed by atoms with Crippen molar-refractivity contribution in [3.05, 3.63) is 44.6 Å². The van der Waals surface area contributed by atoms with Crippen molar-refractivity contribution < 1.29 is 4.74 Å². The van der Waals surface area contributed by atoms with Gasteiger partial charge in [0.1, 0.15) is 5.75 Å². The van der Waals surface area contributed by atoms with E-state index in [9.17, 15) is 0 Å². The van der Waals surface area contributed by atoms with Crippen LogP contribution in [0.15, 0.2) is 22.7 Å². The molecule has 2 N–H and O–H groups in total. The molecule has 0 amide bonds. The molecule has 114 valence electrons. The molecule has 2 rings (SSSR count).